The molecule has 1 N–H and O–H groups in total. The van der Waals surface area contributed by atoms with Crippen LogP contribution in [0.25, 0.3) is 5.52 Å². The lowest BCUT2D eigenvalue weighted by atomic mass is 10.2. The molecule has 3 rings (SSSR count). The average molecular weight is 190 g/mol. The number of nitrogens with zero attached hydrogens (tertiary/aromatic N) is 3. The van der Waals surface area contributed by atoms with E-state index in [0.29, 0.717) is 5.88 Å². The van der Waals surface area contributed by atoms with E-state index in [9.17, 15) is 0 Å². The fourth-order valence-corrected chi connectivity index (χ4v) is 1.43. The Morgan fingerprint density at radius 1 is 1.43 bits per heavy atom. The van der Waals surface area contributed by atoms with Gasteiger partial charge in [-0.3, -0.25) is 0 Å². The molecule has 0 aliphatic carbocycles. The van der Waals surface area contributed by atoms with Crippen LogP contribution in [0.5, 0.6) is 5.88 Å². The van der Waals surface area contributed by atoms with Crippen molar-refractivity contribution in [3.63, 3.8) is 0 Å². The van der Waals surface area contributed by atoms with Crippen LogP contribution in [-0.4, -0.2) is 33.8 Å². The Morgan fingerprint density at radius 2 is 2.36 bits per heavy atom. The van der Waals surface area contributed by atoms with E-state index in [1.54, 1.807) is 23.1 Å². The molecule has 0 atom stereocenters. The number of hydrogen-bond donors (Lipinski definition) is 1. The summed E-state index contributed by atoms with van der Waals surface area (Å²) in [7, 11) is 0. The second-order valence-electron chi connectivity index (χ2n) is 3.29. The van der Waals surface area contributed by atoms with Crippen molar-refractivity contribution in [3.05, 3.63) is 24.7 Å². The largest absolute Gasteiger partial charge is 0.470 e. The molecule has 1 aliphatic rings. The van der Waals surface area contributed by atoms with E-state index >= 15 is 0 Å². The predicted octanol–water partition coefficient (Wildman–Crippen LogP) is 0.0799. The zero-order valence-corrected chi connectivity index (χ0v) is 7.55. The molecule has 1 aliphatic heterocycles. The topological polar surface area (TPSA) is 51.5 Å². The first kappa shape index (κ1) is 7.75. The molecule has 72 valence electrons. The second kappa shape index (κ2) is 2.95. The quantitative estimate of drug-likeness (QED) is 0.728. The number of fused-ring (bicyclic) bond motifs is 1. The third-order valence-corrected chi connectivity index (χ3v) is 2.31. The Morgan fingerprint density at radius 3 is 3.14 bits per heavy atom. The van der Waals surface area contributed by atoms with E-state index in [1.807, 2.05) is 6.07 Å². The zero-order valence-electron chi connectivity index (χ0n) is 7.55. The molecule has 0 saturated carbocycles. The summed E-state index contributed by atoms with van der Waals surface area (Å²) in [6.07, 6.45) is 5.49. The molecule has 5 heteroatoms. The molecular formula is C9H10N4O. The molecule has 2 aromatic rings. The lowest BCUT2D eigenvalue weighted by Gasteiger charge is -2.27. The number of nitrogens with one attached hydrogen (secondary N) is 1. The van der Waals surface area contributed by atoms with Gasteiger partial charge in [0.25, 0.3) is 0 Å². The van der Waals surface area contributed by atoms with Gasteiger partial charge in [0.05, 0.1) is 6.20 Å². The fourth-order valence-electron chi connectivity index (χ4n) is 1.43. The van der Waals surface area contributed by atoms with Gasteiger partial charge < -0.3 is 10.1 Å². The van der Waals surface area contributed by atoms with Crippen LogP contribution in [0, 0.1) is 0 Å². The fraction of sp³-hybridized carbons (Fsp3) is 0.333. The molecule has 5 nitrogen and oxygen atoms in total. The van der Waals surface area contributed by atoms with E-state index in [-0.39, 0.29) is 6.10 Å². The highest BCUT2D eigenvalue weighted by atomic mass is 16.5. The first-order chi connectivity index (χ1) is 6.93. The standard InChI is InChI=1S/C9H10N4O/c1-2-12-13-4-3-11-9(8(1)13)14-7-5-10-6-7/h1-4,7,10H,5-6H2. The lowest BCUT2D eigenvalue weighted by molar-refractivity contribution is 0.137. The van der Waals surface area contributed by atoms with Crippen LogP contribution in [0.3, 0.4) is 0 Å². The normalized spacial score (nSPS) is 16.9. The van der Waals surface area contributed by atoms with Crippen LogP contribution >= 0.6 is 0 Å². The molecule has 0 radical (unpaired) electrons. The highest BCUT2D eigenvalue weighted by molar-refractivity contribution is 5.54. The van der Waals surface area contributed by atoms with E-state index in [4.69, 9.17) is 4.74 Å². The third-order valence-electron chi connectivity index (χ3n) is 2.31. The SMILES string of the molecule is c1cn2nccc2c(OC2CNC2)n1. The summed E-state index contributed by atoms with van der Waals surface area (Å²) in [5.41, 5.74) is 0.916. The Kier molecular flexibility index (Phi) is 1.63. The van der Waals surface area contributed by atoms with Crippen LogP contribution in [-0.2, 0) is 0 Å². The maximum Gasteiger partial charge on any atom is 0.240 e. The summed E-state index contributed by atoms with van der Waals surface area (Å²) in [6, 6.07) is 1.90. The van der Waals surface area contributed by atoms with Gasteiger partial charge in [-0.1, -0.05) is 0 Å². The number of ether oxygens (including phenoxy) is 1. The molecule has 3 heterocycles. The zero-order chi connectivity index (χ0) is 9.38. The van der Waals surface area contributed by atoms with Crippen molar-refractivity contribution in [1.29, 1.82) is 0 Å². The maximum absolute atomic E-state index is 5.69. The third kappa shape index (κ3) is 1.13. The molecule has 0 aromatic carbocycles. The molecule has 1 saturated heterocycles. The lowest BCUT2D eigenvalue weighted by Crippen LogP contribution is -2.50. The van der Waals surface area contributed by atoms with Crippen molar-refractivity contribution >= 4 is 5.52 Å². The van der Waals surface area contributed by atoms with Crippen LogP contribution in [0.15, 0.2) is 24.7 Å². The van der Waals surface area contributed by atoms with Crippen molar-refractivity contribution in [2.24, 2.45) is 0 Å². The van der Waals surface area contributed by atoms with Gasteiger partial charge in [-0.05, 0) is 6.07 Å². The van der Waals surface area contributed by atoms with E-state index in [1.165, 1.54) is 0 Å². The van der Waals surface area contributed by atoms with Gasteiger partial charge >= 0.3 is 0 Å². The molecule has 1 fully saturated rings. The minimum absolute atomic E-state index is 0.253. The van der Waals surface area contributed by atoms with Gasteiger partial charge in [0.1, 0.15) is 11.6 Å². The van der Waals surface area contributed by atoms with Crippen molar-refractivity contribution < 1.29 is 4.74 Å². The van der Waals surface area contributed by atoms with Crippen molar-refractivity contribution in [3.8, 4) is 5.88 Å². The summed E-state index contributed by atoms with van der Waals surface area (Å²) in [4.78, 5) is 4.19. The summed E-state index contributed by atoms with van der Waals surface area (Å²) >= 11 is 0. The molecule has 14 heavy (non-hydrogen) atoms. The van der Waals surface area contributed by atoms with Crippen molar-refractivity contribution in [1.82, 2.24) is 19.9 Å². The molecular weight excluding hydrogens is 180 g/mol. The Balaban J connectivity index is 1.97. The Hall–Kier alpha value is -1.62. The number of aromatic nitrogens is 3. The molecule has 0 spiro atoms. The first-order valence-corrected chi connectivity index (χ1v) is 4.59. The van der Waals surface area contributed by atoms with E-state index in [0.717, 1.165) is 18.6 Å². The van der Waals surface area contributed by atoms with Gasteiger partial charge in [0.2, 0.25) is 5.88 Å². The van der Waals surface area contributed by atoms with E-state index < -0.39 is 0 Å². The average Bonchev–Trinajstić information content (AvgIpc) is 2.59. The van der Waals surface area contributed by atoms with Gasteiger partial charge in [0.15, 0.2) is 0 Å². The monoisotopic (exact) mass is 190 g/mol. The van der Waals surface area contributed by atoms with Gasteiger partial charge in [-0.15, -0.1) is 0 Å². The summed E-state index contributed by atoms with van der Waals surface area (Å²) in [5, 5.41) is 7.26. The summed E-state index contributed by atoms with van der Waals surface area (Å²) < 4.78 is 7.45. The van der Waals surface area contributed by atoms with Crippen molar-refractivity contribution in [2.75, 3.05) is 13.1 Å². The van der Waals surface area contributed by atoms with Gasteiger partial charge in [0, 0.05) is 25.5 Å². The number of rotatable bonds is 2. The minimum atomic E-state index is 0.253. The smallest absolute Gasteiger partial charge is 0.240 e. The number of hydrogen-bond acceptors (Lipinski definition) is 4. The van der Waals surface area contributed by atoms with Crippen LogP contribution in [0.1, 0.15) is 0 Å². The second-order valence-corrected chi connectivity index (χ2v) is 3.29. The highest BCUT2D eigenvalue weighted by Crippen LogP contribution is 2.17. The van der Waals surface area contributed by atoms with Crippen LogP contribution < -0.4 is 10.1 Å². The molecule has 0 amide bonds. The highest BCUT2D eigenvalue weighted by Gasteiger charge is 2.19. The van der Waals surface area contributed by atoms with Crippen molar-refractivity contribution in [2.45, 2.75) is 6.10 Å². The Labute approximate surface area is 80.7 Å². The van der Waals surface area contributed by atoms with Crippen LogP contribution in [0.4, 0.5) is 0 Å². The Bertz CT molecular complexity index is 449. The summed E-state index contributed by atoms with van der Waals surface area (Å²) in [6.45, 7) is 1.80. The van der Waals surface area contributed by atoms with Gasteiger partial charge in [-0.2, -0.15) is 5.10 Å². The predicted molar refractivity (Wildman–Crippen MR) is 50.3 cm³/mol. The summed E-state index contributed by atoms with van der Waals surface area (Å²) in [5.74, 6) is 0.663. The maximum atomic E-state index is 5.69. The molecule has 0 bridgehead atoms. The minimum Gasteiger partial charge on any atom is -0.470 e. The van der Waals surface area contributed by atoms with Crippen LogP contribution in [0.2, 0.25) is 0 Å². The van der Waals surface area contributed by atoms with Gasteiger partial charge in [-0.25, -0.2) is 9.50 Å². The molecule has 2 aromatic heterocycles. The molecule has 0 unspecified atom stereocenters. The van der Waals surface area contributed by atoms with E-state index in [2.05, 4.69) is 15.4 Å². The first-order valence-electron chi connectivity index (χ1n) is 4.59.